The van der Waals surface area contributed by atoms with Gasteiger partial charge in [-0.1, -0.05) is 12.1 Å². The van der Waals surface area contributed by atoms with Crippen LogP contribution in [0, 0.1) is 20.8 Å². The Morgan fingerprint density at radius 1 is 0.926 bits per heavy atom. The summed E-state index contributed by atoms with van der Waals surface area (Å²) < 4.78 is 2.29. The summed E-state index contributed by atoms with van der Waals surface area (Å²) in [6.07, 6.45) is 1.97. The summed E-state index contributed by atoms with van der Waals surface area (Å²) in [5.41, 5.74) is 8.28. The number of nitrogens with zero attached hydrogens (tertiary/aromatic N) is 3. The second-order valence-corrected chi connectivity index (χ2v) is 6.95. The number of benzene rings is 2. The smallest absolute Gasteiger partial charge is 0.0631 e. The molecule has 1 heterocycles. The third kappa shape index (κ3) is 4.13. The lowest BCUT2D eigenvalue weighted by Gasteiger charge is -2.20. The van der Waals surface area contributed by atoms with E-state index >= 15 is 0 Å². The van der Waals surface area contributed by atoms with Crippen molar-refractivity contribution in [2.75, 3.05) is 18.0 Å². The summed E-state index contributed by atoms with van der Waals surface area (Å²) in [7, 11) is 0. The van der Waals surface area contributed by atoms with E-state index in [0.29, 0.717) is 0 Å². The summed E-state index contributed by atoms with van der Waals surface area (Å²) in [4.78, 5) is 7.03. The van der Waals surface area contributed by atoms with E-state index in [1.165, 1.54) is 28.3 Å². The van der Waals surface area contributed by atoms with Gasteiger partial charge in [-0.05, 0) is 82.6 Å². The van der Waals surface area contributed by atoms with Crippen LogP contribution in [0.2, 0.25) is 0 Å². The Hall–Kier alpha value is -2.81. The Balaban J connectivity index is 1.85. The van der Waals surface area contributed by atoms with Crippen molar-refractivity contribution in [2.45, 2.75) is 34.6 Å². The van der Waals surface area contributed by atoms with Gasteiger partial charge in [0.1, 0.15) is 0 Å². The maximum absolute atomic E-state index is 4.70. The van der Waals surface area contributed by atoms with E-state index in [1.807, 2.05) is 6.21 Å². The van der Waals surface area contributed by atoms with Crippen LogP contribution in [0.5, 0.6) is 0 Å². The molecule has 2 aromatic carbocycles. The van der Waals surface area contributed by atoms with E-state index in [1.54, 1.807) is 0 Å². The normalized spacial score (nSPS) is 11.3. The number of anilines is 1. The maximum Gasteiger partial charge on any atom is 0.0631 e. The Kier molecular flexibility index (Phi) is 5.80. The first-order valence-electron chi connectivity index (χ1n) is 9.68. The lowest BCUT2D eigenvalue weighted by atomic mass is 10.2. The minimum atomic E-state index is 0.978. The number of aliphatic imine (C=N–C) groups is 1. The van der Waals surface area contributed by atoms with E-state index in [2.05, 4.69) is 98.7 Å². The van der Waals surface area contributed by atoms with Crippen LogP contribution in [-0.4, -0.2) is 23.9 Å². The Morgan fingerprint density at radius 2 is 1.63 bits per heavy atom. The van der Waals surface area contributed by atoms with Crippen LogP contribution in [0.15, 0.2) is 59.6 Å². The van der Waals surface area contributed by atoms with Gasteiger partial charge in [0.05, 0.1) is 5.69 Å². The van der Waals surface area contributed by atoms with Gasteiger partial charge in [-0.15, -0.1) is 0 Å². The zero-order valence-electron chi connectivity index (χ0n) is 17.0. The van der Waals surface area contributed by atoms with E-state index in [9.17, 15) is 0 Å². The molecule has 0 saturated heterocycles. The summed E-state index contributed by atoms with van der Waals surface area (Å²) in [5.74, 6) is 0. The summed E-state index contributed by atoms with van der Waals surface area (Å²) in [6, 6.07) is 19.3. The quantitative estimate of drug-likeness (QED) is 0.494. The van der Waals surface area contributed by atoms with Crippen LogP contribution in [0.1, 0.15) is 36.4 Å². The van der Waals surface area contributed by atoms with E-state index in [0.717, 1.165) is 24.3 Å². The molecule has 0 aliphatic heterocycles. The fourth-order valence-electron chi connectivity index (χ4n) is 3.57. The summed E-state index contributed by atoms with van der Waals surface area (Å²) in [6.45, 7) is 12.8. The minimum Gasteiger partial charge on any atom is -0.372 e. The van der Waals surface area contributed by atoms with Crippen LogP contribution in [-0.2, 0) is 0 Å². The first-order chi connectivity index (χ1) is 13.0. The molecule has 3 aromatic rings. The van der Waals surface area contributed by atoms with Gasteiger partial charge in [0, 0.05) is 47.6 Å². The number of hydrogen-bond donors (Lipinski definition) is 0. The van der Waals surface area contributed by atoms with Gasteiger partial charge in [-0.3, -0.25) is 4.99 Å². The fourth-order valence-corrected chi connectivity index (χ4v) is 3.57. The van der Waals surface area contributed by atoms with Gasteiger partial charge in [0.2, 0.25) is 0 Å². The van der Waals surface area contributed by atoms with Crippen molar-refractivity contribution < 1.29 is 0 Å². The first kappa shape index (κ1) is 19.0. The molecule has 0 unspecified atom stereocenters. The summed E-state index contributed by atoms with van der Waals surface area (Å²) >= 11 is 0. The highest BCUT2D eigenvalue weighted by atomic mass is 15.1. The first-order valence-corrected chi connectivity index (χ1v) is 9.68. The number of hydrogen-bond acceptors (Lipinski definition) is 2. The lowest BCUT2D eigenvalue weighted by Crippen LogP contribution is -2.21. The highest BCUT2D eigenvalue weighted by molar-refractivity contribution is 5.84. The molecule has 3 nitrogen and oxygen atoms in total. The summed E-state index contributed by atoms with van der Waals surface area (Å²) in [5, 5.41) is 0. The van der Waals surface area contributed by atoms with Crippen molar-refractivity contribution in [1.82, 2.24) is 4.57 Å². The largest absolute Gasteiger partial charge is 0.372 e. The topological polar surface area (TPSA) is 20.5 Å². The van der Waals surface area contributed by atoms with Crippen molar-refractivity contribution >= 4 is 17.6 Å². The molecular formula is C24H29N3. The van der Waals surface area contributed by atoms with Gasteiger partial charge in [-0.25, -0.2) is 0 Å². The second kappa shape index (κ2) is 8.26. The van der Waals surface area contributed by atoms with E-state index in [4.69, 9.17) is 4.99 Å². The number of aryl methyl sites for hydroxylation is 2. The molecule has 0 spiro atoms. The minimum absolute atomic E-state index is 0.978. The molecule has 3 heteroatoms. The zero-order chi connectivity index (χ0) is 19.4. The SMILES string of the molecule is CCN(CC)c1ccc(N=Cc2cc(C)n(-c3cccc(C)c3)c2C)cc1. The Labute approximate surface area is 163 Å². The number of rotatable bonds is 6. The molecule has 0 fully saturated rings. The third-order valence-electron chi connectivity index (χ3n) is 5.06. The highest BCUT2D eigenvalue weighted by Gasteiger charge is 2.09. The lowest BCUT2D eigenvalue weighted by molar-refractivity contribution is 0.866. The molecule has 140 valence electrons. The molecule has 0 bridgehead atoms. The Bertz CT molecular complexity index is 929. The molecule has 27 heavy (non-hydrogen) atoms. The zero-order valence-corrected chi connectivity index (χ0v) is 17.0. The average molecular weight is 360 g/mol. The van der Waals surface area contributed by atoms with Crippen molar-refractivity contribution in [3.05, 3.63) is 77.1 Å². The van der Waals surface area contributed by atoms with Crippen molar-refractivity contribution in [1.29, 1.82) is 0 Å². The predicted octanol–water partition coefficient (Wildman–Crippen LogP) is 6.00. The monoisotopic (exact) mass is 359 g/mol. The van der Waals surface area contributed by atoms with Gasteiger partial charge in [0.25, 0.3) is 0 Å². The van der Waals surface area contributed by atoms with Crippen LogP contribution in [0.3, 0.4) is 0 Å². The molecule has 0 saturated carbocycles. The van der Waals surface area contributed by atoms with Crippen molar-refractivity contribution in [3.63, 3.8) is 0 Å². The van der Waals surface area contributed by atoms with Crippen LogP contribution >= 0.6 is 0 Å². The fraction of sp³-hybridized carbons (Fsp3) is 0.292. The number of aromatic nitrogens is 1. The standard InChI is InChI=1S/C24H29N3/c1-6-26(7-2)23-13-11-22(12-14-23)25-17-21-16-19(4)27(20(21)5)24-10-8-9-18(3)15-24/h8-17H,6-7H2,1-5H3. The van der Waals surface area contributed by atoms with Crippen LogP contribution in [0.4, 0.5) is 11.4 Å². The van der Waals surface area contributed by atoms with Gasteiger partial charge in [-0.2, -0.15) is 0 Å². The average Bonchev–Trinajstić information content (AvgIpc) is 2.95. The van der Waals surface area contributed by atoms with Crippen LogP contribution < -0.4 is 4.90 Å². The predicted molar refractivity (Wildman–Crippen MR) is 117 cm³/mol. The molecule has 1 aromatic heterocycles. The Morgan fingerprint density at radius 3 is 2.26 bits per heavy atom. The van der Waals surface area contributed by atoms with E-state index in [-0.39, 0.29) is 0 Å². The molecule has 0 N–H and O–H groups in total. The molecule has 0 atom stereocenters. The second-order valence-electron chi connectivity index (χ2n) is 6.95. The molecule has 0 aliphatic rings. The van der Waals surface area contributed by atoms with E-state index < -0.39 is 0 Å². The molecular weight excluding hydrogens is 330 g/mol. The van der Waals surface area contributed by atoms with Crippen LogP contribution in [0.25, 0.3) is 5.69 Å². The van der Waals surface area contributed by atoms with Crippen molar-refractivity contribution in [2.24, 2.45) is 4.99 Å². The molecule has 0 radical (unpaired) electrons. The molecule has 0 amide bonds. The molecule has 3 rings (SSSR count). The third-order valence-corrected chi connectivity index (χ3v) is 5.06. The highest BCUT2D eigenvalue weighted by Crippen LogP contribution is 2.23. The van der Waals surface area contributed by atoms with Gasteiger partial charge < -0.3 is 9.47 Å². The molecule has 0 aliphatic carbocycles. The van der Waals surface area contributed by atoms with Gasteiger partial charge in [0.15, 0.2) is 0 Å². The van der Waals surface area contributed by atoms with Gasteiger partial charge >= 0.3 is 0 Å². The maximum atomic E-state index is 4.70. The van der Waals surface area contributed by atoms with Crippen molar-refractivity contribution in [3.8, 4) is 5.69 Å².